The maximum absolute atomic E-state index is 5.52. The number of nitrogens with one attached hydrogen (secondary N) is 2. The smallest absolute Gasteiger partial charge is 0.121 e. The summed E-state index contributed by atoms with van der Waals surface area (Å²) in [5, 5.41) is 3.54. The molecule has 196 valence electrons. The number of aromatic amines is 1. The second kappa shape index (κ2) is 11.8. The zero-order valence-corrected chi connectivity index (χ0v) is 21.2. The molecule has 0 fully saturated rings. The van der Waals surface area contributed by atoms with Gasteiger partial charge in [-0.25, -0.2) is 4.98 Å². The lowest BCUT2D eigenvalue weighted by atomic mass is 9.90. The Kier molecular flexibility index (Phi) is 8.01. The Hall–Kier alpha value is -3.74. The second-order valence-corrected chi connectivity index (χ2v) is 10.00. The van der Waals surface area contributed by atoms with E-state index in [1.165, 1.54) is 28.8 Å². The van der Waals surface area contributed by atoms with Crippen LogP contribution in [0, 0.1) is 0 Å². The molecule has 0 amide bonds. The lowest BCUT2D eigenvalue weighted by Gasteiger charge is -2.34. The monoisotopic (exact) mass is 507 g/mol. The van der Waals surface area contributed by atoms with E-state index in [0.717, 1.165) is 55.1 Å². The van der Waals surface area contributed by atoms with Crippen molar-refractivity contribution in [2.45, 2.75) is 65.3 Å². The normalized spacial score (nSPS) is 15.8. The standard InChI is InChI=1S/C31H33N5O.CH4/c1-22(29-12-6-18-37-29)33-19-23-13-15-24(16-14-23)20-36(21-30-34-26-9-2-3-10-27(26)35-30)28-11-4-7-25-8-5-17-32-31(25)28;/h2-3,5-6,8-10,12-18,22,28,33H,4,7,11,19-21H2,1H3,(H,34,35);1H4. The van der Waals surface area contributed by atoms with Crippen molar-refractivity contribution < 1.29 is 4.42 Å². The predicted molar refractivity (Wildman–Crippen MR) is 152 cm³/mol. The van der Waals surface area contributed by atoms with Crippen LogP contribution >= 0.6 is 0 Å². The fraction of sp³-hybridized carbons (Fsp3) is 0.312. The average molecular weight is 508 g/mol. The van der Waals surface area contributed by atoms with Crippen LogP contribution in [0.2, 0.25) is 0 Å². The number of aromatic nitrogens is 3. The number of pyridine rings is 1. The molecule has 1 aliphatic rings. The van der Waals surface area contributed by atoms with E-state index in [0.29, 0.717) is 0 Å². The highest BCUT2D eigenvalue weighted by molar-refractivity contribution is 5.74. The van der Waals surface area contributed by atoms with Gasteiger partial charge in [-0.15, -0.1) is 0 Å². The highest BCUT2D eigenvalue weighted by Crippen LogP contribution is 2.34. The Labute approximate surface area is 225 Å². The Morgan fingerprint density at radius 1 is 1.00 bits per heavy atom. The maximum atomic E-state index is 5.52. The summed E-state index contributed by atoms with van der Waals surface area (Å²) in [6.07, 6.45) is 7.05. The first kappa shape index (κ1) is 25.9. The summed E-state index contributed by atoms with van der Waals surface area (Å²) in [6, 6.07) is 25.9. The van der Waals surface area contributed by atoms with Gasteiger partial charge in [0.25, 0.3) is 0 Å². The van der Waals surface area contributed by atoms with Gasteiger partial charge in [-0.2, -0.15) is 0 Å². The molecule has 2 aromatic carbocycles. The van der Waals surface area contributed by atoms with E-state index >= 15 is 0 Å². The number of fused-ring (bicyclic) bond motifs is 2. The third-order valence-electron chi connectivity index (χ3n) is 7.39. The molecule has 3 aromatic heterocycles. The van der Waals surface area contributed by atoms with Crippen LogP contribution in [0.5, 0.6) is 0 Å². The molecule has 1 aliphatic carbocycles. The Balaban J connectivity index is 0.00000294. The average Bonchev–Trinajstić information content (AvgIpc) is 3.62. The predicted octanol–water partition coefficient (Wildman–Crippen LogP) is 7.12. The number of para-hydroxylation sites is 2. The zero-order valence-electron chi connectivity index (χ0n) is 21.2. The first-order valence-electron chi connectivity index (χ1n) is 13.2. The number of hydrogen-bond donors (Lipinski definition) is 2. The van der Waals surface area contributed by atoms with Crippen molar-refractivity contribution in [3.63, 3.8) is 0 Å². The SMILES string of the molecule is C.CC(NCc1ccc(CN(Cc2nc3ccccc3[nH]2)C2CCCc3cccnc32)cc1)c1ccco1. The molecule has 3 heterocycles. The van der Waals surface area contributed by atoms with Crippen LogP contribution in [0.1, 0.15) is 73.2 Å². The van der Waals surface area contributed by atoms with Crippen molar-refractivity contribution in [2.24, 2.45) is 0 Å². The van der Waals surface area contributed by atoms with Gasteiger partial charge in [-0.3, -0.25) is 9.88 Å². The van der Waals surface area contributed by atoms with E-state index in [-0.39, 0.29) is 19.5 Å². The van der Waals surface area contributed by atoms with Crippen LogP contribution in [-0.2, 0) is 26.1 Å². The number of benzene rings is 2. The Bertz CT molecular complexity index is 1410. The van der Waals surface area contributed by atoms with Crippen molar-refractivity contribution >= 4 is 11.0 Å². The van der Waals surface area contributed by atoms with Crippen LogP contribution in [-0.4, -0.2) is 19.9 Å². The van der Waals surface area contributed by atoms with E-state index in [2.05, 4.69) is 76.7 Å². The Morgan fingerprint density at radius 3 is 2.66 bits per heavy atom. The molecule has 2 atom stereocenters. The van der Waals surface area contributed by atoms with Crippen LogP contribution < -0.4 is 5.32 Å². The summed E-state index contributed by atoms with van der Waals surface area (Å²) < 4.78 is 5.52. The Morgan fingerprint density at radius 2 is 1.84 bits per heavy atom. The molecule has 0 saturated heterocycles. The minimum Gasteiger partial charge on any atom is -0.468 e. The summed E-state index contributed by atoms with van der Waals surface area (Å²) in [5.41, 5.74) is 7.25. The van der Waals surface area contributed by atoms with Gasteiger partial charge in [0.1, 0.15) is 11.6 Å². The second-order valence-electron chi connectivity index (χ2n) is 10.00. The number of imidazole rings is 1. The van der Waals surface area contributed by atoms with Gasteiger partial charge in [-0.05, 0) is 73.2 Å². The summed E-state index contributed by atoms with van der Waals surface area (Å²) in [7, 11) is 0. The molecule has 0 bridgehead atoms. The number of nitrogens with zero attached hydrogens (tertiary/aromatic N) is 3. The molecular formula is C32H37N5O. The van der Waals surface area contributed by atoms with Crippen molar-refractivity contribution in [2.75, 3.05) is 0 Å². The highest BCUT2D eigenvalue weighted by atomic mass is 16.3. The fourth-order valence-electron chi connectivity index (χ4n) is 5.40. The van der Waals surface area contributed by atoms with Gasteiger partial charge in [0.15, 0.2) is 0 Å². The molecule has 0 saturated carbocycles. The van der Waals surface area contributed by atoms with Gasteiger partial charge in [-0.1, -0.05) is 49.9 Å². The van der Waals surface area contributed by atoms with Gasteiger partial charge >= 0.3 is 0 Å². The van der Waals surface area contributed by atoms with Crippen LogP contribution in [0.3, 0.4) is 0 Å². The van der Waals surface area contributed by atoms with Crippen LogP contribution in [0.4, 0.5) is 0 Å². The third-order valence-corrected chi connectivity index (χ3v) is 7.39. The summed E-state index contributed by atoms with van der Waals surface area (Å²) >= 11 is 0. The topological polar surface area (TPSA) is 70.0 Å². The van der Waals surface area contributed by atoms with Crippen molar-refractivity contribution in [3.8, 4) is 0 Å². The summed E-state index contributed by atoms with van der Waals surface area (Å²) in [5.74, 6) is 1.95. The summed E-state index contributed by atoms with van der Waals surface area (Å²) in [4.78, 5) is 15.8. The van der Waals surface area contributed by atoms with Crippen molar-refractivity contribution in [3.05, 3.63) is 119 Å². The number of aryl methyl sites for hydroxylation is 1. The number of rotatable bonds is 9. The molecule has 2 N–H and O–H groups in total. The molecule has 6 nitrogen and oxygen atoms in total. The van der Waals surface area contributed by atoms with Gasteiger partial charge < -0.3 is 14.7 Å². The maximum Gasteiger partial charge on any atom is 0.121 e. The van der Waals surface area contributed by atoms with Gasteiger partial charge in [0.2, 0.25) is 0 Å². The van der Waals surface area contributed by atoms with E-state index in [9.17, 15) is 0 Å². The molecule has 0 aliphatic heterocycles. The van der Waals surface area contributed by atoms with Crippen molar-refractivity contribution in [1.29, 1.82) is 0 Å². The van der Waals surface area contributed by atoms with E-state index < -0.39 is 0 Å². The third kappa shape index (κ3) is 5.72. The zero-order chi connectivity index (χ0) is 25.0. The first-order chi connectivity index (χ1) is 18.2. The van der Waals surface area contributed by atoms with Gasteiger partial charge in [0, 0.05) is 19.3 Å². The minimum absolute atomic E-state index is 0. The minimum atomic E-state index is 0. The molecule has 6 rings (SSSR count). The van der Waals surface area contributed by atoms with E-state index in [4.69, 9.17) is 14.4 Å². The molecule has 0 spiro atoms. The fourth-order valence-corrected chi connectivity index (χ4v) is 5.40. The highest BCUT2D eigenvalue weighted by Gasteiger charge is 2.28. The van der Waals surface area contributed by atoms with Gasteiger partial charge in [0.05, 0.1) is 41.6 Å². The van der Waals surface area contributed by atoms with Crippen LogP contribution in [0.15, 0.2) is 89.7 Å². The lowest BCUT2D eigenvalue weighted by Crippen LogP contribution is -2.31. The van der Waals surface area contributed by atoms with E-state index in [1.807, 2.05) is 24.4 Å². The first-order valence-corrected chi connectivity index (χ1v) is 13.2. The molecule has 0 radical (unpaired) electrons. The number of furan rings is 1. The van der Waals surface area contributed by atoms with E-state index in [1.54, 1.807) is 6.26 Å². The number of hydrogen-bond acceptors (Lipinski definition) is 5. The molecule has 6 heteroatoms. The lowest BCUT2D eigenvalue weighted by molar-refractivity contribution is 0.153. The molecular weight excluding hydrogens is 470 g/mol. The van der Waals surface area contributed by atoms with Crippen LogP contribution in [0.25, 0.3) is 11.0 Å². The molecule has 38 heavy (non-hydrogen) atoms. The quantitative estimate of drug-likeness (QED) is 0.222. The number of H-pyrrole nitrogens is 1. The van der Waals surface area contributed by atoms with Crippen molar-refractivity contribution in [1.82, 2.24) is 25.2 Å². The molecule has 5 aromatic rings. The largest absolute Gasteiger partial charge is 0.468 e. The molecule has 2 unspecified atom stereocenters. The summed E-state index contributed by atoms with van der Waals surface area (Å²) in [6.45, 7) is 4.51.